The van der Waals surface area contributed by atoms with Gasteiger partial charge in [0, 0.05) is 6.07 Å². The van der Waals surface area contributed by atoms with Gasteiger partial charge in [0.25, 0.3) is 5.91 Å². The van der Waals surface area contributed by atoms with Crippen LogP contribution in [0.15, 0.2) is 30.5 Å². The van der Waals surface area contributed by atoms with Crippen LogP contribution in [0.4, 0.5) is 5.82 Å². The lowest BCUT2D eigenvalue weighted by Crippen LogP contribution is -2.12. The Morgan fingerprint density at radius 3 is 2.88 bits per heavy atom. The number of aromatic nitrogens is 2. The minimum Gasteiger partial charge on any atom is -0.507 e. The number of nitrogens with zero attached hydrogens (tertiary/aromatic N) is 1. The maximum atomic E-state index is 11.7. The largest absolute Gasteiger partial charge is 0.507 e. The van der Waals surface area contributed by atoms with Gasteiger partial charge in [0.2, 0.25) is 0 Å². The summed E-state index contributed by atoms with van der Waals surface area (Å²) in [4.78, 5) is 11.7. The summed E-state index contributed by atoms with van der Waals surface area (Å²) >= 11 is 0. The quantitative estimate of drug-likeness (QED) is 0.716. The molecule has 0 aliphatic heterocycles. The standard InChI is InChI=1S/C11H11N3O2/c1-7-2-3-8(9(15)6-7)11(16)13-10-4-5-12-14-10/h2-6,15H,1H3,(H2,12,13,14,16). The fourth-order valence-corrected chi connectivity index (χ4v) is 1.35. The first kappa shape index (κ1) is 10.2. The third-order valence-corrected chi connectivity index (χ3v) is 2.15. The summed E-state index contributed by atoms with van der Waals surface area (Å²) in [6.45, 7) is 1.84. The second kappa shape index (κ2) is 4.06. The zero-order chi connectivity index (χ0) is 11.5. The number of nitrogens with one attached hydrogen (secondary N) is 2. The van der Waals surface area contributed by atoms with Crippen LogP contribution >= 0.6 is 0 Å². The van der Waals surface area contributed by atoms with Crippen molar-refractivity contribution in [3.05, 3.63) is 41.6 Å². The van der Waals surface area contributed by atoms with Crippen LogP contribution in [0.25, 0.3) is 0 Å². The van der Waals surface area contributed by atoms with E-state index in [0.29, 0.717) is 5.82 Å². The van der Waals surface area contributed by atoms with Crippen molar-refractivity contribution in [2.75, 3.05) is 5.32 Å². The molecule has 2 rings (SSSR count). The molecule has 0 unspecified atom stereocenters. The molecule has 1 aromatic heterocycles. The van der Waals surface area contributed by atoms with Crippen molar-refractivity contribution in [3.63, 3.8) is 0 Å². The summed E-state index contributed by atoms with van der Waals surface area (Å²) in [6, 6.07) is 6.52. The van der Waals surface area contributed by atoms with E-state index in [2.05, 4.69) is 15.5 Å². The number of aromatic amines is 1. The first-order valence-electron chi connectivity index (χ1n) is 4.77. The highest BCUT2D eigenvalue weighted by Gasteiger charge is 2.11. The maximum Gasteiger partial charge on any atom is 0.260 e. The molecular weight excluding hydrogens is 206 g/mol. The predicted octanol–water partition coefficient (Wildman–Crippen LogP) is 1.68. The number of carbonyl (C=O) groups is 1. The maximum absolute atomic E-state index is 11.7. The van der Waals surface area contributed by atoms with Crippen LogP contribution in [0.5, 0.6) is 5.75 Å². The molecule has 1 aromatic carbocycles. The highest BCUT2D eigenvalue weighted by molar-refractivity contribution is 6.05. The molecule has 0 aliphatic rings. The van der Waals surface area contributed by atoms with Crippen molar-refractivity contribution in [1.82, 2.24) is 10.2 Å². The van der Waals surface area contributed by atoms with Crippen molar-refractivity contribution >= 4 is 11.7 Å². The molecule has 2 aromatic rings. The highest BCUT2D eigenvalue weighted by Crippen LogP contribution is 2.19. The van der Waals surface area contributed by atoms with Crippen LogP contribution in [0.2, 0.25) is 0 Å². The number of H-pyrrole nitrogens is 1. The van der Waals surface area contributed by atoms with Crippen molar-refractivity contribution in [3.8, 4) is 5.75 Å². The minimum absolute atomic E-state index is 0.0305. The fourth-order valence-electron chi connectivity index (χ4n) is 1.35. The topological polar surface area (TPSA) is 78.0 Å². The number of carbonyl (C=O) groups excluding carboxylic acids is 1. The van der Waals surface area contributed by atoms with E-state index < -0.39 is 0 Å². The number of benzene rings is 1. The molecule has 0 atom stereocenters. The minimum atomic E-state index is -0.373. The van der Waals surface area contributed by atoms with E-state index in [9.17, 15) is 9.90 Å². The van der Waals surface area contributed by atoms with Gasteiger partial charge in [-0.25, -0.2) is 0 Å². The molecule has 0 spiro atoms. The first-order valence-corrected chi connectivity index (χ1v) is 4.77. The third-order valence-electron chi connectivity index (χ3n) is 2.15. The Morgan fingerprint density at radius 1 is 1.44 bits per heavy atom. The zero-order valence-electron chi connectivity index (χ0n) is 8.69. The van der Waals surface area contributed by atoms with Gasteiger partial charge in [-0.05, 0) is 24.6 Å². The van der Waals surface area contributed by atoms with E-state index in [-0.39, 0.29) is 17.2 Å². The molecule has 1 amide bonds. The molecule has 5 heteroatoms. The van der Waals surface area contributed by atoms with Crippen LogP contribution in [-0.2, 0) is 0 Å². The number of amides is 1. The monoisotopic (exact) mass is 217 g/mol. The van der Waals surface area contributed by atoms with E-state index in [1.807, 2.05) is 6.92 Å². The number of hydrogen-bond acceptors (Lipinski definition) is 3. The molecule has 0 bridgehead atoms. The molecule has 0 saturated heterocycles. The van der Waals surface area contributed by atoms with E-state index in [4.69, 9.17) is 0 Å². The summed E-state index contributed by atoms with van der Waals surface area (Å²) in [5.41, 5.74) is 1.13. The number of hydrogen-bond donors (Lipinski definition) is 3. The Balaban J connectivity index is 2.21. The second-order valence-corrected chi connectivity index (χ2v) is 3.45. The number of aryl methyl sites for hydroxylation is 1. The summed E-state index contributed by atoms with van der Waals surface area (Å²) in [5, 5.41) is 18.5. The van der Waals surface area contributed by atoms with Gasteiger partial charge in [-0.15, -0.1) is 0 Å². The van der Waals surface area contributed by atoms with Crippen LogP contribution in [0.1, 0.15) is 15.9 Å². The SMILES string of the molecule is Cc1ccc(C(=O)Nc2ccn[nH]2)c(O)c1. The molecule has 16 heavy (non-hydrogen) atoms. The number of anilines is 1. The summed E-state index contributed by atoms with van der Waals surface area (Å²) in [7, 11) is 0. The van der Waals surface area contributed by atoms with Crippen molar-refractivity contribution in [2.45, 2.75) is 6.92 Å². The normalized spacial score (nSPS) is 10.1. The fraction of sp³-hybridized carbons (Fsp3) is 0.0909. The van der Waals surface area contributed by atoms with E-state index in [1.54, 1.807) is 24.3 Å². The molecule has 0 radical (unpaired) electrons. The van der Waals surface area contributed by atoms with Crippen molar-refractivity contribution < 1.29 is 9.90 Å². The zero-order valence-corrected chi connectivity index (χ0v) is 8.69. The number of rotatable bonds is 2. The predicted molar refractivity (Wildman–Crippen MR) is 59.4 cm³/mol. The first-order chi connectivity index (χ1) is 7.66. The van der Waals surface area contributed by atoms with Crippen molar-refractivity contribution in [1.29, 1.82) is 0 Å². The lowest BCUT2D eigenvalue weighted by molar-refractivity contribution is 0.102. The Hall–Kier alpha value is -2.30. The summed E-state index contributed by atoms with van der Waals surface area (Å²) in [5.74, 6) is 0.0868. The van der Waals surface area contributed by atoms with Gasteiger partial charge in [0.1, 0.15) is 11.6 Å². The number of phenols is 1. The van der Waals surface area contributed by atoms with Gasteiger partial charge in [-0.3, -0.25) is 9.89 Å². The van der Waals surface area contributed by atoms with Gasteiger partial charge < -0.3 is 10.4 Å². The Morgan fingerprint density at radius 2 is 2.25 bits per heavy atom. The molecule has 0 aliphatic carbocycles. The van der Waals surface area contributed by atoms with Crippen molar-refractivity contribution in [2.24, 2.45) is 0 Å². The van der Waals surface area contributed by atoms with Crippen LogP contribution in [0.3, 0.4) is 0 Å². The van der Waals surface area contributed by atoms with Gasteiger partial charge in [-0.1, -0.05) is 6.07 Å². The van der Waals surface area contributed by atoms with E-state index >= 15 is 0 Å². The van der Waals surface area contributed by atoms with Crippen LogP contribution in [0, 0.1) is 6.92 Å². The Bertz CT molecular complexity index is 506. The molecule has 0 saturated carbocycles. The van der Waals surface area contributed by atoms with Crippen LogP contribution < -0.4 is 5.32 Å². The molecule has 5 nitrogen and oxygen atoms in total. The average molecular weight is 217 g/mol. The van der Waals surface area contributed by atoms with Crippen LogP contribution in [-0.4, -0.2) is 21.2 Å². The highest BCUT2D eigenvalue weighted by atomic mass is 16.3. The van der Waals surface area contributed by atoms with E-state index in [1.165, 1.54) is 6.20 Å². The number of phenolic OH excluding ortho intramolecular Hbond substituents is 1. The smallest absolute Gasteiger partial charge is 0.260 e. The Kier molecular flexibility index (Phi) is 2.59. The van der Waals surface area contributed by atoms with Gasteiger partial charge in [0.15, 0.2) is 0 Å². The number of aromatic hydroxyl groups is 1. The second-order valence-electron chi connectivity index (χ2n) is 3.45. The van der Waals surface area contributed by atoms with Gasteiger partial charge in [-0.2, -0.15) is 5.10 Å². The lowest BCUT2D eigenvalue weighted by atomic mass is 10.1. The molecule has 82 valence electrons. The summed E-state index contributed by atoms with van der Waals surface area (Å²) < 4.78 is 0. The Labute approximate surface area is 92.1 Å². The third kappa shape index (κ3) is 2.03. The van der Waals surface area contributed by atoms with E-state index in [0.717, 1.165) is 5.56 Å². The summed E-state index contributed by atoms with van der Waals surface area (Å²) in [6.07, 6.45) is 1.53. The molecule has 1 heterocycles. The molecule has 0 fully saturated rings. The molecule has 3 N–H and O–H groups in total. The lowest BCUT2D eigenvalue weighted by Gasteiger charge is -2.05. The van der Waals surface area contributed by atoms with Gasteiger partial charge in [0.05, 0.1) is 11.8 Å². The van der Waals surface area contributed by atoms with Gasteiger partial charge >= 0.3 is 0 Å². The molecular formula is C11H11N3O2. The average Bonchev–Trinajstić information content (AvgIpc) is 2.70.